The van der Waals surface area contributed by atoms with Gasteiger partial charge in [-0.3, -0.25) is 24.5 Å². The summed E-state index contributed by atoms with van der Waals surface area (Å²) < 4.78 is 4.66. The second-order valence-corrected chi connectivity index (χ2v) is 10.1. The van der Waals surface area contributed by atoms with Crippen LogP contribution < -0.4 is 0 Å². The van der Waals surface area contributed by atoms with Crippen molar-refractivity contribution in [3.8, 4) is 0 Å². The lowest BCUT2D eigenvalue weighted by atomic mass is 9.77. The van der Waals surface area contributed by atoms with E-state index in [4.69, 9.17) is 0 Å². The number of hydrogen-bond acceptors (Lipinski definition) is 8. The molecule has 1 aromatic heterocycles. The third kappa shape index (κ3) is 4.95. The number of carbonyl (C=O) groups excluding carboxylic acids is 4. The summed E-state index contributed by atoms with van der Waals surface area (Å²) in [5.41, 5.74) is -0.452. The van der Waals surface area contributed by atoms with E-state index in [-0.39, 0.29) is 39.8 Å². The van der Waals surface area contributed by atoms with Gasteiger partial charge in [0, 0.05) is 43.9 Å². The summed E-state index contributed by atoms with van der Waals surface area (Å²) in [6, 6.07) is 6.95. The number of benzene rings is 1. The maximum absolute atomic E-state index is 13.2. The van der Waals surface area contributed by atoms with Crippen LogP contribution in [0.15, 0.2) is 30.3 Å². The van der Waals surface area contributed by atoms with Crippen molar-refractivity contribution >= 4 is 40.6 Å². The summed E-state index contributed by atoms with van der Waals surface area (Å²) in [4.78, 5) is 64.7. The zero-order valence-electron chi connectivity index (χ0n) is 19.4. The molecule has 1 spiro atoms. The smallest absolute Gasteiger partial charge is 0.338 e. The van der Waals surface area contributed by atoms with Gasteiger partial charge in [-0.1, -0.05) is 0 Å². The molecule has 0 N–H and O–H groups in total. The van der Waals surface area contributed by atoms with Crippen LogP contribution in [-0.2, 0) is 4.74 Å². The highest BCUT2D eigenvalue weighted by atomic mass is 32.1. The van der Waals surface area contributed by atoms with Gasteiger partial charge >= 0.3 is 5.97 Å². The number of non-ortho nitro benzene ring substituents is 1. The van der Waals surface area contributed by atoms with Gasteiger partial charge < -0.3 is 14.5 Å². The van der Waals surface area contributed by atoms with Gasteiger partial charge in [0.2, 0.25) is 0 Å². The van der Waals surface area contributed by atoms with Crippen molar-refractivity contribution in [2.45, 2.75) is 26.2 Å². The third-order valence-corrected chi connectivity index (χ3v) is 7.97. The monoisotopic (exact) mass is 499 g/mol. The number of hydrogen-bond donors (Lipinski definition) is 0. The molecule has 2 aliphatic heterocycles. The van der Waals surface area contributed by atoms with Crippen LogP contribution >= 0.6 is 11.3 Å². The molecule has 11 heteroatoms. The van der Waals surface area contributed by atoms with Crippen molar-refractivity contribution in [2.24, 2.45) is 5.41 Å². The lowest BCUT2D eigenvalue weighted by Crippen LogP contribution is -2.44. The summed E-state index contributed by atoms with van der Waals surface area (Å²) in [6.07, 6.45) is 2.23. The Morgan fingerprint density at radius 2 is 1.54 bits per heavy atom. The van der Waals surface area contributed by atoms with Crippen molar-refractivity contribution in [3.63, 3.8) is 0 Å². The predicted molar refractivity (Wildman–Crippen MR) is 127 cm³/mol. The van der Waals surface area contributed by atoms with Crippen LogP contribution in [0.2, 0.25) is 0 Å². The average Bonchev–Trinajstić information content (AvgIpc) is 3.51. The highest BCUT2D eigenvalue weighted by Gasteiger charge is 2.43. The second-order valence-electron chi connectivity index (χ2n) is 9.01. The molecule has 10 nitrogen and oxygen atoms in total. The number of likely N-dealkylation sites (tertiary alicyclic amines) is 2. The molecule has 2 aromatic rings. The largest absolute Gasteiger partial charge is 0.465 e. The fraction of sp³-hybridized carbons (Fsp3) is 0.417. The summed E-state index contributed by atoms with van der Waals surface area (Å²) in [6.45, 7) is 3.56. The normalized spacial score (nSPS) is 16.9. The van der Waals surface area contributed by atoms with Crippen molar-refractivity contribution in [2.75, 3.05) is 33.3 Å². The maximum Gasteiger partial charge on any atom is 0.338 e. The van der Waals surface area contributed by atoms with Crippen LogP contribution in [-0.4, -0.2) is 71.6 Å². The van der Waals surface area contributed by atoms with Crippen LogP contribution in [0.3, 0.4) is 0 Å². The average molecular weight is 500 g/mol. The Hall–Kier alpha value is -3.60. The SMILES string of the molecule is COC(=O)c1cc(C(=O)N2CCC3(CCN(C(=O)c4ccc(C(C)=O)s4)CC3)C2)cc([N+](=O)[O-])c1. The zero-order chi connectivity index (χ0) is 25.3. The lowest BCUT2D eigenvalue weighted by molar-refractivity contribution is -0.384. The topological polar surface area (TPSA) is 127 Å². The van der Waals surface area contributed by atoms with Gasteiger partial charge in [0.15, 0.2) is 5.78 Å². The number of methoxy groups -OCH3 is 1. The number of nitro groups is 1. The van der Waals surface area contributed by atoms with E-state index < -0.39 is 10.9 Å². The fourth-order valence-electron chi connectivity index (χ4n) is 4.76. The molecular formula is C24H25N3O7S. The van der Waals surface area contributed by atoms with Crippen molar-refractivity contribution in [1.29, 1.82) is 0 Å². The highest BCUT2D eigenvalue weighted by Crippen LogP contribution is 2.41. The summed E-state index contributed by atoms with van der Waals surface area (Å²) in [7, 11) is 1.17. The molecule has 0 unspecified atom stereocenters. The Kier molecular flexibility index (Phi) is 6.70. The number of ether oxygens (including phenoxy) is 1. The second kappa shape index (κ2) is 9.57. The first-order chi connectivity index (χ1) is 16.6. The Morgan fingerprint density at radius 1 is 0.943 bits per heavy atom. The van der Waals surface area contributed by atoms with Gasteiger partial charge in [-0.25, -0.2) is 4.79 Å². The molecule has 0 saturated carbocycles. The Morgan fingerprint density at radius 3 is 2.11 bits per heavy atom. The van der Waals surface area contributed by atoms with Gasteiger partial charge in [0.25, 0.3) is 17.5 Å². The van der Waals surface area contributed by atoms with E-state index >= 15 is 0 Å². The van der Waals surface area contributed by atoms with Crippen molar-refractivity contribution in [1.82, 2.24) is 9.80 Å². The van der Waals surface area contributed by atoms with Gasteiger partial charge in [-0.05, 0) is 49.8 Å². The first-order valence-electron chi connectivity index (χ1n) is 11.2. The van der Waals surface area contributed by atoms with Gasteiger partial charge in [-0.2, -0.15) is 0 Å². The number of carbonyl (C=O) groups is 4. The minimum absolute atomic E-state index is 0.0488. The van der Waals surface area contributed by atoms with Crippen LogP contribution in [0.5, 0.6) is 0 Å². The van der Waals surface area contributed by atoms with Crippen LogP contribution in [0.1, 0.15) is 66.2 Å². The summed E-state index contributed by atoms with van der Waals surface area (Å²) in [5, 5.41) is 11.3. The molecule has 3 heterocycles. The number of piperidine rings is 1. The molecule has 0 bridgehead atoms. The molecule has 2 saturated heterocycles. The molecule has 1 aromatic carbocycles. The van der Waals surface area contributed by atoms with Crippen LogP contribution in [0.4, 0.5) is 5.69 Å². The molecule has 35 heavy (non-hydrogen) atoms. The van der Waals surface area contributed by atoms with Gasteiger partial charge in [0.1, 0.15) is 0 Å². The summed E-state index contributed by atoms with van der Waals surface area (Å²) >= 11 is 1.20. The highest BCUT2D eigenvalue weighted by molar-refractivity contribution is 7.15. The maximum atomic E-state index is 13.2. The molecule has 2 amide bonds. The van der Waals surface area contributed by atoms with E-state index in [1.807, 2.05) is 0 Å². The summed E-state index contributed by atoms with van der Waals surface area (Å²) in [5.74, 6) is -1.27. The first-order valence-corrected chi connectivity index (χ1v) is 12.0. The number of nitro benzene ring substituents is 1. The van der Waals surface area contributed by atoms with E-state index in [1.165, 1.54) is 37.5 Å². The molecule has 0 radical (unpaired) electrons. The van der Waals surface area contributed by atoms with Crippen LogP contribution in [0.25, 0.3) is 0 Å². The molecule has 0 aliphatic carbocycles. The molecule has 4 rings (SSSR count). The van der Waals surface area contributed by atoms with Crippen molar-refractivity contribution in [3.05, 3.63) is 61.3 Å². The standard InChI is InChI=1S/C24H25N3O7S/c1-15(28)19-3-4-20(35-19)22(30)25-8-5-24(6-9-25)7-10-26(14-24)21(29)16-11-17(23(31)34-2)13-18(12-16)27(32)33/h3-4,11-13H,5-10,14H2,1-2H3. The fourth-order valence-corrected chi connectivity index (χ4v) is 5.63. The number of rotatable bonds is 5. The number of esters is 1. The minimum Gasteiger partial charge on any atom is -0.465 e. The molecule has 2 fully saturated rings. The Labute approximate surface area is 205 Å². The van der Waals surface area contributed by atoms with Gasteiger partial charge in [-0.15, -0.1) is 11.3 Å². The molecule has 184 valence electrons. The number of Topliss-reactive ketones (excluding diaryl/α,β-unsaturated/α-hetero) is 1. The molecule has 0 atom stereocenters. The zero-order valence-corrected chi connectivity index (χ0v) is 20.3. The third-order valence-electron chi connectivity index (χ3n) is 6.80. The quantitative estimate of drug-likeness (QED) is 0.267. The van der Waals surface area contributed by atoms with E-state index in [9.17, 15) is 29.3 Å². The van der Waals surface area contributed by atoms with E-state index in [1.54, 1.807) is 21.9 Å². The van der Waals surface area contributed by atoms with E-state index in [0.717, 1.165) is 25.3 Å². The van der Waals surface area contributed by atoms with Gasteiger partial charge in [0.05, 0.1) is 27.4 Å². The number of amides is 2. The Bertz CT molecular complexity index is 1210. The molecular weight excluding hydrogens is 474 g/mol. The predicted octanol–water partition coefficient (Wildman–Crippen LogP) is 3.41. The number of ketones is 1. The Balaban J connectivity index is 1.43. The molecule has 2 aliphatic rings. The van der Waals surface area contributed by atoms with Crippen LogP contribution in [0, 0.1) is 15.5 Å². The minimum atomic E-state index is -0.751. The first kappa shape index (κ1) is 24.5. The van der Waals surface area contributed by atoms with E-state index in [0.29, 0.717) is 35.9 Å². The lowest BCUT2D eigenvalue weighted by Gasteiger charge is -2.39. The van der Waals surface area contributed by atoms with E-state index in [2.05, 4.69) is 4.74 Å². The number of nitrogens with zero attached hydrogens (tertiary/aromatic N) is 3. The van der Waals surface area contributed by atoms with Crippen molar-refractivity contribution < 1.29 is 28.8 Å². The number of thiophene rings is 1.